The summed E-state index contributed by atoms with van der Waals surface area (Å²) in [6, 6.07) is 12.7. The van der Waals surface area contributed by atoms with E-state index in [4.69, 9.17) is 9.15 Å². The molecule has 2 heterocycles. The molecule has 1 aliphatic heterocycles. The quantitative estimate of drug-likeness (QED) is 0.900. The molecule has 1 aromatic carbocycles. The van der Waals surface area contributed by atoms with Crippen LogP contribution in [0.25, 0.3) is 0 Å². The first-order chi connectivity index (χ1) is 8.83. The molecule has 0 fully saturated rings. The fourth-order valence-corrected chi connectivity index (χ4v) is 2.35. The molecule has 18 heavy (non-hydrogen) atoms. The van der Waals surface area contributed by atoms with E-state index in [-0.39, 0.29) is 6.04 Å². The van der Waals surface area contributed by atoms with Crippen molar-refractivity contribution in [2.75, 3.05) is 6.61 Å². The molecule has 3 nitrogen and oxygen atoms in total. The van der Waals surface area contributed by atoms with Gasteiger partial charge < -0.3 is 14.5 Å². The normalized spacial score (nSPS) is 18.6. The van der Waals surface area contributed by atoms with Crippen molar-refractivity contribution < 1.29 is 9.15 Å². The summed E-state index contributed by atoms with van der Waals surface area (Å²) in [7, 11) is 0. The molecule has 3 heteroatoms. The van der Waals surface area contributed by atoms with E-state index in [9.17, 15) is 0 Å². The fraction of sp³-hybridized carbons (Fsp3) is 0.333. The third kappa shape index (κ3) is 2.33. The van der Waals surface area contributed by atoms with E-state index < -0.39 is 0 Å². The number of rotatable bonds is 3. The molecule has 0 saturated heterocycles. The molecule has 0 aliphatic carbocycles. The second-order valence-electron chi connectivity index (χ2n) is 4.66. The minimum atomic E-state index is 0.250. The van der Waals surface area contributed by atoms with Gasteiger partial charge in [-0.1, -0.05) is 24.3 Å². The molecule has 0 amide bonds. The van der Waals surface area contributed by atoms with Gasteiger partial charge in [0.1, 0.15) is 11.5 Å². The van der Waals surface area contributed by atoms with Gasteiger partial charge in [0.25, 0.3) is 0 Å². The largest absolute Gasteiger partial charge is 0.465 e. The maximum Gasteiger partial charge on any atom is 0.117 e. The molecular weight excluding hydrogens is 226 g/mol. The summed E-state index contributed by atoms with van der Waals surface area (Å²) in [5.41, 5.74) is 2.61. The Balaban J connectivity index is 1.71. The highest BCUT2D eigenvalue weighted by Crippen LogP contribution is 2.24. The van der Waals surface area contributed by atoms with E-state index in [1.54, 1.807) is 0 Å². The molecule has 0 spiro atoms. The standard InChI is InChI=1S/C15H17NO2/c1-11-6-7-13(18-11)8-16-15-10-17-9-12-4-2-3-5-14(12)15/h2-7,15-16H,8-10H2,1H3. The second kappa shape index (κ2) is 4.96. The number of hydrogen-bond acceptors (Lipinski definition) is 3. The molecule has 1 atom stereocenters. The van der Waals surface area contributed by atoms with Crippen LogP contribution < -0.4 is 5.32 Å². The van der Waals surface area contributed by atoms with Crippen molar-refractivity contribution in [3.8, 4) is 0 Å². The van der Waals surface area contributed by atoms with Crippen LogP contribution in [0.5, 0.6) is 0 Å². The predicted molar refractivity (Wildman–Crippen MR) is 69.1 cm³/mol. The topological polar surface area (TPSA) is 34.4 Å². The average Bonchev–Trinajstić information content (AvgIpc) is 2.82. The lowest BCUT2D eigenvalue weighted by Gasteiger charge is -2.26. The van der Waals surface area contributed by atoms with Gasteiger partial charge in [-0.2, -0.15) is 0 Å². The second-order valence-corrected chi connectivity index (χ2v) is 4.66. The lowest BCUT2D eigenvalue weighted by atomic mass is 9.99. The van der Waals surface area contributed by atoms with Crippen LogP contribution in [-0.4, -0.2) is 6.61 Å². The summed E-state index contributed by atoms with van der Waals surface area (Å²) >= 11 is 0. The van der Waals surface area contributed by atoms with E-state index in [2.05, 4.69) is 29.6 Å². The molecule has 0 bridgehead atoms. The Bertz CT molecular complexity index is 533. The monoisotopic (exact) mass is 243 g/mol. The number of nitrogens with one attached hydrogen (secondary N) is 1. The predicted octanol–water partition coefficient (Wildman–Crippen LogP) is 2.95. The van der Waals surface area contributed by atoms with E-state index in [1.807, 2.05) is 19.1 Å². The molecule has 1 unspecified atom stereocenters. The van der Waals surface area contributed by atoms with E-state index >= 15 is 0 Å². The first kappa shape index (κ1) is 11.5. The van der Waals surface area contributed by atoms with E-state index in [0.717, 1.165) is 24.7 Å². The molecule has 1 N–H and O–H groups in total. The van der Waals surface area contributed by atoms with Gasteiger partial charge in [-0.3, -0.25) is 0 Å². The van der Waals surface area contributed by atoms with E-state index in [1.165, 1.54) is 11.1 Å². The molecular formula is C15H17NO2. The number of furan rings is 1. The lowest BCUT2D eigenvalue weighted by molar-refractivity contribution is 0.0811. The molecule has 0 saturated carbocycles. The Morgan fingerprint density at radius 1 is 1.22 bits per heavy atom. The van der Waals surface area contributed by atoms with Crippen molar-refractivity contribution in [2.45, 2.75) is 26.1 Å². The van der Waals surface area contributed by atoms with Crippen LogP contribution in [-0.2, 0) is 17.9 Å². The van der Waals surface area contributed by atoms with Gasteiger partial charge in [-0.25, -0.2) is 0 Å². The van der Waals surface area contributed by atoms with Crippen molar-refractivity contribution in [3.63, 3.8) is 0 Å². The van der Waals surface area contributed by atoms with Gasteiger partial charge in [0.05, 0.1) is 25.8 Å². The fourth-order valence-electron chi connectivity index (χ4n) is 2.35. The van der Waals surface area contributed by atoms with Gasteiger partial charge in [0.2, 0.25) is 0 Å². The highest BCUT2D eigenvalue weighted by molar-refractivity contribution is 5.31. The van der Waals surface area contributed by atoms with Gasteiger partial charge in [0.15, 0.2) is 0 Å². The summed E-state index contributed by atoms with van der Waals surface area (Å²) in [5.74, 6) is 1.92. The Morgan fingerprint density at radius 2 is 2.11 bits per heavy atom. The number of benzene rings is 1. The molecule has 0 radical (unpaired) electrons. The Hall–Kier alpha value is -1.58. The summed E-state index contributed by atoms with van der Waals surface area (Å²) in [4.78, 5) is 0. The molecule has 2 aromatic rings. The minimum Gasteiger partial charge on any atom is -0.465 e. The first-order valence-electron chi connectivity index (χ1n) is 6.27. The summed E-state index contributed by atoms with van der Waals surface area (Å²) in [6.45, 7) is 4.13. The maximum atomic E-state index is 5.61. The van der Waals surface area contributed by atoms with Crippen LogP contribution in [0.1, 0.15) is 28.7 Å². The van der Waals surface area contributed by atoms with Crippen molar-refractivity contribution in [1.29, 1.82) is 0 Å². The number of ether oxygens (including phenoxy) is 1. The summed E-state index contributed by atoms with van der Waals surface area (Å²) in [5, 5.41) is 3.49. The van der Waals surface area contributed by atoms with Gasteiger partial charge in [-0.15, -0.1) is 0 Å². The van der Waals surface area contributed by atoms with Crippen LogP contribution in [0.2, 0.25) is 0 Å². The molecule has 94 valence electrons. The molecule has 1 aliphatic rings. The van der Waals surface area contributed by atoms with Crippen molar-refractivity contribution in [2.24, 2.45) is 0 Å². The molecule has 3 rings (SSSR count). The van der Waals surface area contributed by atoms with Crippen LogP contribution in [0.15, 0.2) is 40.8 Å². The maximum absolute atomic E-state index is 5.61. The number of hydrogen-bond donors (Lipinski definition) is 1. The van der Waals surface area contributed by atoms with Crippen molar-refractivity contribution in [1.82, 2.24) is 5.32 Å². The minimum absolute atomic E-state index is 0.250. The highest BCUT2D eigenvalue weighted by atomic mass is 16.5. The zero-order valence-corrected chi connectivity index (χ0v) is 10.5. The Morgan fingerprint density at radius 3 is 2.94 bits per heavy atom. The lowest BCUT2D eigenvalue weighted by Crippen LogP contribution is -2.29. The molecule has 1 aromatic heterocycles. The SMILES string of the molecule is Cc1ccc(CNC2COCc3ccccc32)o1. The van der Waals surface area contributed by atoms with Gasteiger partial charge in [-0.05, 0) is 30.2 Å². The zero-order valence-electron chi connectivity index (χ0n) is 10.5. The van der Waals surface area contributed by atoms with Crippen LogP contribution in [0, 0.1) is 6.92 Å². The van der Waals surface area contributed by atoms with Crippen LogP contribution in [0.3, 0.4) is 0 Å². The van der Waals surface area contributed by atoms with Crippen molar-refractivity contribution >= 4 is 0 Å². The smallest absolute Gasteiger partial charge is 0.117 e. The first-order valence-corrected chi connectivity index (χ1v) is 6.27. The third-order valence-corrected chi connectivity index (χ3v) is 3.29. The Labute approximate surface area is 107 Å². The van der Waals surface area contributed by atoms with Gasteiger partial charge >= 0.3 is 0 Å². The highest BCUT2D eigenvalue weighted by Gasteiger charge is 2.19. The summed E-state index contributed by atoms with van der Waals surface area (Å²) < 4.78 is 11.2. The number of aryl methyl sites for hydroxylation is 1. The summed E-state index contributed by atoms with van der Waals surface area (Å²) in [6.07, 6.45) is 0. The average molecular weight is 243 g/mol. The van der Waals surface area contributed by atoms with Gasteiger partial charge in [0, 0.05) is 0 Å². The Kier molecular flexibility index (Phi) is 3.17. The van der Waals surface area contributed by atoms with Crippen LogP contribution in [0.4, 0.5) is 0 Å². The van der Waals surface area contributed by atoms with Crippen molar-refractivity contribution in [3.05, 3.63) is 59.0 Å². The van der Waals surface area contributed by atoms with E-state index in [0.29, 0.717) is 6.61 Å². The third-order valence-electron chi connectivity index (χ3n) is 3.29. The zero-order chi connectivity index (χ0) is 12.4. The van der Waals surface area contributed by atoms with Crippen LogP contribution >= 0.6 is 0 Å². The number of fused-ring (bicyclic) bond motifs is 1.